The molecule has 1 amide bonds. The minimum Gasteiger partial charge on any atom is -0.478 e. The van der Waals surface area contributed by atoms with Crippen LogP contribution in [0.25, 0.3) is 0 Å². The minimum atomic E-state index is -1.10. The number of likely N-dealkylation sites (N-methyl/N-ethyl adjacent to an activating group) is 1. The number of amides is 1. The van der Waals surface area contributed by atoms with Crippen molar-refractivity contribution in [3.63, 3.8) is 0 Å². The maximum absolute atomic E-state index is 11.8. The molecule has 1 aliphatic heterocycles. The van der Waals surface area contributed by atoms with E-state index >= 15 is 0 Å². The fourth-order valence-corrected chi connectivity index (χ4v) is 2.07. The Morgan fingerprint density at radius 3 is 2.95 bits per heavy atom. The number of aromatic nitrogens is 1. The molecular weight excluding hydrogens is 264 g/mol. The SMILES string of the molecule is CNC(=O)C1COCCN1c1ncc(C(=O)O)cc1N. The normalized spacial score (nSPS) is 18.6. The average molecular weight is 280 g/mol. The molecule has 1 aromatic rings. The Morgan fingerprint density at radius 2 is 2.35 bits per heavy atom. The number of carboxylic acid groups (broad SMARTS) is 1. The van der Waals surface area contributed by atoms with Crippen LogP contribution in [0.15, 0.2) is 12.3 Å². The van der Waals surface area contributed by atoms with E-state index in [9.17, 15) is 9.59 Å². The van der Waals surface area contributed by atoms with E-state index in [1.807, 2.05) is 0 Å². The van der Waals surface area contributed by atoms with Crippen LogP contribution in [0.2, 0.25) is 0 Å². The average Bonchev–Trinajstić information content (AvgIpc) is 2.46. The van der Waals surface area contributed by atoms with Gasteiger partial charge in [-0.3, -0.25) is 4.79 Å². The number of anilines is 2. The predicted octanol–water partition coefficient (Wildman–Crippen LogP) is -0.687. The summed E-state index contributed by atoms with van der Waals surface area (Å²) in [5.74, 6) is -0.902. The van der Waals surface area contributed by atoms with Gasteiger partial charge in [0.25, 0.3) is 0 Å². The van der Waals surface area contributed by atoms with Crippen molar-refractivity contribution in [1.29, 1.82) is 0 Å². The van der Waals surface area contributed by atoms with Gasteiger partial charge in [-0.05, 0) is 6.07 Å². The quantitative estimate of drug-likeness (QED) is 0.671. The molecule has 8 nitrogen and oxygen atoms in total. The van der Waals surface area contributed by atoms with Gasteiger partial charge in [0.2, 0.25) is 5.91 Å². The van der Waals surface area contributed by atoms with Crippen molar-refractivity contribution < 1.29 is 19.4 Å². The van der Waals surface area contributed by atoms with Gasteiger partial charge in [0.05, 0.1) is 24.5 Å². The van der Waals surface area contributed by atoms with Gasteiger partial charge in [0.1, 0.15) is 6.04 Å². The van der Waals surface area contributed by atoms with E-state index in [1.165, 1.54) is 12.3 Å². The monoisotopic (exact) mass is 280 g/mol. The second-order valence-corrected chi connectivity index (χ2v) is 4.34. The Labute approximate surface area is 115 Å². The van der Waals surface area contributed by atoms with Crippen molar-refractivity contribution in [3.05, 3.63) is 17.8 Å². The zero-order valence-electron chi connectivity index (χ0n) is 11.0. The highest BCUT2D eigenvalue weighted by Gasteiger charge is 2.31. The number of ether oxygens (including phenoxy) is 1. The van der Waals surface area contributed by atoms with E-state index in [0.29, 0.717) is 19.0 Å². The first-order valence-corrected chi connectivity index (χ1v) is 6.09. The molecule has 108 valence electrons. The molecule has 1 saturated heterocycles. The van der Waals surface area contributed by atoms with Crippen LogP contribution in [0, 0.1) is 0 Å². The lowest BCUT2D eigenvalue weighted by Gasteiger charge is -2.35. The summed E-state index contributed by atoms with van der Waals surface area (Å²) >= 11 is 0. The molecule has 0 spiro atoms. The van der Waals surface area contributed by atoms with Gasteiger partial charge in [-0.25, -0.2) is 9.78 Å². The third-order valence-corrected chi connectivity index (χ3v) is 3.09. The molecule has 1 unspecified atom stereocenters. The van der Waals surface area contributed by atoms with Gasteiger partial charge < -0.3 is 25.8 Å². The number of nitrogens with two attached hydrogens (primary N) is 1. The molecule has 0 aromatic carbocycles. The number of hydrogen-bond donors (Lipinski definition) is 3. The van der Waals surface area contributed by atoms with Crippen LogP contribution in [-0.4, -0.2) is 54.8 Å². The smallest absolute Gasteiger partial charge is 0.337 e. The van der Waals surface area contributed by atoms with E-state index in [0.717, 1.165) is 0 Å². The molecule has 1 aromatic heterocycles. The zero-order chi connectivity index (χ0) is 14.7. The maximum Gasteiger partial charge on any atom is 0.337 e. The maximum atomic E-state index is 11.8. The van der Waals surface area contributed by atoms with Crippen molar-refractivity contribution in [1.82, 2.24) is 10.3 Å². The third-order valence-electron chi connectivity index (χ3n) is 3.09. The van der Waals surface area contributed by atoms with Crippen molar-refractivity contribution in [3.8, 4) is 0 Å². The van der Waals surface area contributed by atoms with Crippen molar-refractivity contribution in [2.75, 3.05) is 37.4 Å². The molecule has 0 radical (unpaired) electrons. The minimum absolute atomic E-state index is 0.0102. The summed E-state index contributed by atoms with van der Waals surface area (Å²) in [6.45, 7) is 1.15. The number of nitrogens with one attached hydrogen (secondary N) is 1. The van der Waals surface area contributed by atoms with Crippen molar-refractivity contribution >= 4 is 23.4 Å². The lowest BCUT2D eigenvalue weighted by Crippen LogP contribution is -2.53. The van der Waals surface area contributed by atoms with Crippen LogP contribution in [0.4, 0.5) is 11.5 Å². The fourth-order valence-electron chi connectivity index (χ4n) is 2.07. The van der Waals surface area contributed by atoms with Gasteiger partial charge >= 0.3 is 5.97 Å². The van der Waals surface area contributed by atoms with Gasteiger partial charge in [0, 0.05) is 19.8 Å². The summed E-state index contributed by atoms with van der Waals surface area (Å²) in [7, 11) is 1.54. The molecule has 2 rings (SSSR count). The van der Waals surface area contributed by atoms with E-state index in [2.05, 4.69) is 10.3 Å². The first-order chi connectivity index (χ1) is 9.54. The number of hydrogen-bond acceptors (Lipinski definition) is 6. The number of aromatic carboxylic acids is 1. The highest BCUT2D eigenvalue weighted by molar-refractivity contribution is 5.90. The summed E-state index contributed by atoms with van der Waals surface area (Å²) in [5.41, 5.74) is 6.09. The summed E-state index contributed by atoms with van der Waals surface area (Å²) in [6.07, 6.45) is 1.23. The number of nitrogen functional groups attached to an aromatic ring is 1. The number of nitrogens with zero attached hydrogens (tertiary/aromatic N) is 2. The Kier molecular flexibility index (Phi) is 4.04. The standard InChI is InChI=1S/C12H16N4O4/c1-14-11(17)9-6-20-3-2-16(9)10-8(13)4-7(5-15-10)12(18)19/h4-5,9H,2-3,6,13H2,1H3,(H,14,17)(H,18,19). The van der Waals surface area contributed by atoms with Gasteiger partial charge in [-0.2, -0.15) is 0 Å². The molecule has 0 aliphatic carbocycles. The molecular formula is C12H16N4O4. The van der Waals surface area contributed by atoms with Crippen LogP contribution in [0.3, 0.4) is 0 Å². The van der Waals surface area contributed by atoms with Crippen LogP contribution in [0.1, 0.15) is 10.4 Å². The second kappa shape index (κ2) is 5.74. The lowest BCUT2D eigenvalue weighted by atomic mass is 10.2. The largest absolute Gasteiger partial charge is 0.478 e. The topological polar surface area (TPSA) is 118 Å². The van der Waals surface area contributed by atoms with E-state index in [4.69, 9.17) is 15.6 Å². The van der Waals surface area contributed by atoms with E-state index < -0.39 is 12.0 Å². The Balaban J connectivity index is 2.32. The van der Waals surface area contributed by atoms with Crippen molar-refractivity contribution in [2.45, 2.75) is 6.04 Å². The number of morpholine rings is 1. The van der Waals surface area contributed by atoms with Crippen molar-refractivity contribution in [2.24, 2.45) is 0 Å². The van der Waals surface area contributed by atoms with Crippen LogP contribution in [0.5, 0.6) is 0 Å². The second-order valence-electron chi connectivity index (χ2n) is 4.34. The number of carboxylic acids is 1. The molecule has 0 bridgehead atoms. The molecule has 20 heavy (non-hydrogen) atoms. The summed E-state index contributed by atoms with van der Waals surface area (Å²) in [6, 6.07) is 0.806. The molecule has 0 saturated carbocycles. The molecule has 1 aliphatic rings. The van der Waals surface area contributed by atoms with E-state index in [1.54, 1.807) is 11.9 Å². The van der Waals surface area contributed by atoms with Crippen LogP contribution >= 0.6 is 0 Å². The number of carbonyl (C=O) groups is 2. The number of carbonyl (C=O) groups excluding carboxylic acids is 1. The first kappa shape index (κ1) is 14.1. The third kappa shape index (κ3) is 2.64. The zero-order valence-corrected chi connectivity index (χ0v) is 11.0. The number of pyridine rings is 1. The summed E-state index contributed by atoms with van der Waals surface area (Å²) in [4.78, 5) is 28.5. The van der Waals surface area contributed by atoms with E-state index in [-0.39, 0.29) is 23.8 Å². The highest BCUT2D eigenvalue weighted by Crippen LogP contribution is 2.25. The lowest BCUT2D eigenvalue weighted by molar-refractivity contribution is -0.124. The van der Waals surface area contributed by atoms with Gasteiger partial charge in [0.15, 0.2) is 5.82 Å². The van der Waals surface area contributed by atoms with Crippen LogP contribution in [-0.2, 0) is 9.53 Å². The molecule has 1 atom stereocenters. The fraction of sp³-hybridized carbons (Fsp3) is 0.417. The highest BCUT2D eigenvalue weighted by atomic mass is 16.5. The molecule has 2 heterocycles. The molecule has 8 heteroatoms. The number of rotatable bonds is 3. The predicted molar refractivity (Wildman–Crippen MR) is 71.6 cm³/mol. The Bertz CT molecular complexity index is 534. The molecule has 1 fully saturated rings. The van der Waals surface area contributed by atoms with Crippen LogP contribution < -0.4 is 16.0 Å². The first-order valence-electron chi connectivity index (χ1n) is 6.09. The van der Waals surface area contributed by atoms with Gasteiger partial charge in [-0.1, -0.05) is 0 Å². The van der Waals surface area contributed by atoms with Gasteiger partial charge in [-0.15, -0.1) is 0 Å². The Morgan fingerprint density at radius 1 is 1.60 bits per heavy atom. The molecule has 4 N–H and O–H groups in total. The Hall–Kier alpha value is -2.35. The summed E-state index contributed by atoms with van der Waals surface area (Å²) in [5, 5.41) is 11.5. The summed E-state index contributed by atoms with van der Waals surface area (Å²) < 4.78 is 5.29.